The van der Waals surface area contributed by atoms with Crippen LogP contribution in [0.15, 0.2) is 27.2 Å². The third kappa shape index (κ3) is 2.65. The second-order valence-electron chi connectivity index (χ2n) is 6.36. The average Bonchev–Trinajstić information content (AvgIpc) is 3.18. The molecule has 2 atom stereocenters. The zero-order valence-electron chi connectivity index (χ0n) is 12.6. The van der Waals surface area contributed by atoms with Crippen LogP contribution < -0.4 is 0 Å². The van der Waals surface area contributed by atoms with Gasteiger partial charge >= 0.3 is 0 Å². The fourth-order valence-corrected chi connectivity index (χ4v) is 4.15. The standard InChI is InChI=1S/C16H21N3O2S/c22-16-19(17-15(21-16)14-8-4-10-20-14)11-18-9-3-6-12-5-1-2-7-13(12)18/h4,8,10,12-13H,1-3,5-7,9,11H2/t12-,13+/m1/s1. The fourth-order valence-electron chi connectivity index (χ4n) is 3.97. The van der Waals surface area contributed by atoms with Crippen molar-refractivity contribution in [3.63, 3.8) is 0 Å². The second kappa shape index (κ2) is 6.01. The predicted molar refractivity (Wildman–Crippen MR) is 84.7 cm³/mol. The van der Waals surface area contributed by atoms with Gasteiger partial charge in [-0.3, -0.25) is 4.90 Å². The van der Waals surface area contributed by atoms with Gasteiger partial charge in [0.25, 0.3) is 10.7 Å². The lowest BCUT2D eigenvalue weighted by molar-refractivity contribution is 0.0318. The van der Waals surface area contributed by atoms with Gasteiger partial charge in [0.05, 0.1) is 12.9 Å². The summed E-state index contributed by atoms with van der Waals surface area (Å²) >= 11 is 5.33. The molecular weight excluding hydrogens is 298 g/mol. The summed E-state index contributed by atoms with van der Waals surface area (Å²) in [4.78, 5) is 2.96. The molecule has 0 radical (unpaired) electrons. The van der Waals surface area contributed by atoms with Crippen molar-refractivity contribution in [3.05, 3.63) is 23.2 Å². The number of fused-ring (bicyclic) bond motifs is 1. The minimum absolute atomic E-state index is 0.421. The zero-order valence-corrected chi connectivity index (χ0v) is 13.4. The predicted octanol–water partition coefficient (Wildman–Crippen LogP) is 4.08. The highest BCUT2D eigenvalue weighted by molar-refractivity contribution is 7.71. The monoisotopic (exact) mass is 319 g/mol. The van der Waals surface area contributed by atoms with E-state index < -0.39 is 0 Å². The van der Waals surface area contributed by atoms with Gasteiger partial charge in [-0.2, -0.15) is 0 Å². The molecule has 2 aromatic heterocycles. The summed E-state index contributed by atoms with van der Waals surface area (Å²) in [6, 6.07) is 4.35. The molecular formula is C16H21N3O2S. The van der Waals surface area contributed by atoms with Crippen LogP contribution in [0.3, 0.4) is 0 Å². The Morgan fingerprint density at radius 3 is 2.95 bits per heavy atom. The summed E-state index contributed by atoms with van der Waals surface area (Å²) in [6.07, 6.45) is 9.69. The molecule has 1 aliphatic carbocycles. The molecule has 4 rings (SSSR count). The molecule has 6 heteroatoms. The Balaban J connectivity index is 1.54. The molecule has 1 saturated carbocycles. The lowest BCUT2D eigenvalue weighted by Gasteiger charge is -2.43. The van der Waals surface area contributed by atoms with Gasteiger partial charge in [-0.25, -0.2) is 4.68 Å². The molecule has 3 heterocycles. The van der Waals surface area contributed by atoms with E-state index in [0.29, 0.717) is 22.5 Å². The number of rotatable bonds is 3. The number of nitrogens with zero attached hydrogens (tertiary/aromatic N) is 3. The molecule has 0 unspecified atom stereocenters. The lowest BCUT2D eigenvalue weighted by Crippen LogP contribution is -2.47. The van der Waals surface area contributed by atoms with Gasteiger partial charge in [0.2, 0.25) is 0 Å². The molecule has 0 spiro atoms. The summed E-state index contributed by atoms with van der Waals surface area (Å²) < 4.78 is 12.7. The molecule has 0 bridgehead atoms. The zero-order chi connectivity index (χ0) is 14.9. The number of furan rings is 1. The van der Waals surface area contributed by atoms with E-state index in [1.165, 1.54) is 38.5 Å². The Kier molecular flexibility index (Phi) is 3.88. The number of piperidine rings is 1. The van der Waals surface area contributed by atoms with Crippen LogP contribution >= 0.6 is 12.2 Å². The summed E-state index contributed by atoms with van der Waals surface area (Å²) in [5.41, 5.74) is 0. The van der Waals surface area contributed by atoms with Crippen LogP contribution in [0.25, 0.3) is 11.7 Å². The van der Waals surface area contributed by atoms with Gasteiger partial charge in [-0.05, 0) is 56.0 Å². The molecule has 1 aliphatic heterocycles. The smallest absolute Gasteiger partial charge is 0.288 e. The first-order chi connectivity index (χ1) is 10.8. The largest absolute Gasteiger partial charge is 0.459 e. The van der Waals surface area contributed by atoms with Crippen LogP contribution in [0, 0.1) is 10.8 Å². The van der Waals surface area contributed by atoms with Gasteiger partial charge in [0, 0.05) is 12.6 Å². The Morgan fingerprint density at radius 1 is 1.23 bits per heavy atom. The summed E-state index contributed by atoms with van der Waals surface area (Å²) in [7, 11) is 0. The van der Waals surface area contributed by atoms with Crippen molar-refractivity contribution in [2.75, 3.05) is 6.54 Å². The van der Waals surface area contributed by atoms with Crippen molar-refractivity contribution in [2.45, 2.75) is 51.2 Å². The fraction of sp³-hybridized carbons (Fsp3) is 0.625. The molecule has 0 aromatic carbocycles. The molecule has 5 nitrogen and oxygen atoms in total. The first-order valence-corrected chi connectivity index (χ1v) is 8.58. The average molecular weight is 319 g/mol. The van der Waals surface area contributed by atoms with E-state index in [9.17, 15) is 0 Å². The van der Waals surface area contributed by atoms with Crippen molar-refractivity contribution in [1.82, 2.24) is 14.7 Å². The van der Waals surface area contributed by atoms with Crippen molar-refractivity contribution >= 4 is 12.2 Å². The van der Waals surface area contributed by atoms with E-state index in [2.05, 4.69) is 10.00 Å². The van der Waals surface area contributed by atoms with Gasteiger partial charge in [-0.15, -0.1) is 5.10 Å². The first-order valence-electron chi connectivity index (χ1n) is 8.17. The second-order valence-corrected chi connectivity index (χ2v) is 6.71. The SMILES string of the molecule is S=c1oc(-c2ccco2)nn1CN1CCC[C@H]2CCCC[C@@H]21. The third-order valence-electron chi connectivity index (χ3n) is 5.01. The van der Waals surface area contributed by atoms with E-state index in [-0.39, 0.29) is 0 Å². The van der Waals surface area contributed by atoms with Crippen LogP contribution in [0.1, 0.15) is 38.5 Å². The number of aromatic nitrogens is 2. The molecule has 2 aliphatic rings. The van der Waals surface area contributed by atoms with Crippen LogP contribution in [-0.2, 0) is 6.67 Å². The summed E-state index contributed by atoms with van der Waals surface area (Å²) in [5, 5.41) is 4.49. The Labute approximate surface area is 134 Å². The number of likely N-dealkylation sites (tertiary alicyclic amines) is 1. The first kappa shape index (κ1) is 14.2. The van der Waals surface area contributed by atoms with E-state index in [1.54, 1.807) is 10.9 Å². The van der Waals surface area contributed by atoms with Crippen molar-refractivity contribution < 1.29 is 8.83 Å². The number of hydrogen-bond acceptors (Lipinski definition) is 5. The Morgan fingerprint density at radius 2 is 2.09 bits per heavy atom. The molecule has 2 aromatic rings. The third-order valence-corrected chi connectivity index (χ3v) is 5.31. The Hall–Kier alpha value is -1.40. The topological polar surface area (TPSA) is 47.3 Å². The summed E-state index contributed by atoms with van der Waals surface area (Å²) in [5.74, 6) is 1.94. The normalized spacial score (nSPS) is 26.0. The minimum Gasteiger partial charge on any atom is -0.459 e. The van der Waals surface area contributed by atoms with Gasteiger partial charge in [0.1, 0.15) is 0 Å². The Bertz CT molecular complexity index is 674. The van der Waals surface area contributed by atoms with E-state index >= 15 is 0 Å². The van der Waals surface area contributed by atoms with Crippen LogP contribution in [0.5, 0.6) is 0 Å². The van der Waals surface area contributed by atoms with E-state index in [4.69, 9.17) is 21.1 Å². The lowest BCUT2D eigenvalue weighted by atomic mass is 9.78. The van der Waals surface area contributed by atoms with Crippen molar-refractivity contribution in [2.24, 2.45) is 5.92 Å². The minimum atomic E-state index is 0.421. The van der Waals surface area contributed by atoms with Gasteiger partial charge in [0.15, 0.2) is 5.76 Å². The highest BCUT2D eigenvalue weighted by Gasteiger charge is 2.33. The van der Waals surface area contributed by atoms with Gasteiger partial charge in [-0.1, -0.05) is 12.8 Å². The quantitative estimate of drug-likeness (QED) is 0.798. The molecule has 22 heavy (non-hydrogen) atoms. The maximum atomic E-state index is 5.58. The summed E-state index contributed by atoms with van der Waals surface area (Å²) in [6.45, 7) is 1.86. The molecule has 0 amide bonds. The maximum Gasteiger partial charge on any atom is 0.288 e. The molecule has 1 saturated heterocycles. The number of hydrogen-bond donors (Lipinski definition) is 0. The molecule has 2 fully saturated rings. The van der Waals surface area contributed by atoms with E-state index in [0.717, 1.165) is 19.1 Å². The van der Waals surface area contributed by atoms with Gasteiger partial charge < -0.3 is 8.83 Å². The highest BCUT2D eigenvalue weighted by Crippen LogP contribution is 2.35. The maximum absolute atomic E-state index is 5.58. The van der Waals surface area contributed by atoms with Crippen molar-refractivity contribution in [1.29, 1.82) is 0 Å². The van der Waals surface area contributed by atoms with Crippen molar-refractivity contribution in [3.8, 4) is 11.7 Å². The van der Waals surface area contributed by atoms with E-state index in [1.807, 2.05) is 12.1 Å². The molecule has 0 N–H and O–H groups in total. The van der Waals surface area contributed by atoms with Crippen LogP contribution in [0.2, 0.25) is 0 Å². The highest BCUT2D eigenvalue weighted by atomic mass is 32.1. The molecule has 118 valence electrons. The van der Waals surface area contributed by atoms with Crippen LogP contribution in [0.4, 0.5) is 0 Å². The van der Waals surface area contributed by atoms with Crippen LogP contribution in [-0.4, -0.2) is 27.3 Å².